The third-order valence-electron chi connectivity index (χ3n) is 5.45. The van der Waals surface area contributed by atoms with Gasteiger partial charge in [0.05, 0.1) is 29.8 Å². The van der Waals surface area contributed by atoms with Crippen molar-refractivity contribution < 1.29 is 4.39 Å². The minimum Gasteiger partial charge on any atom is -0.397 e. The number of hydrogen-bond donors (Lipinski definition) is 3. The molecule has 1 aliphatic rings. The van der Waals surface area contributed by atoms with Gasteiger partial charge in [-0.1, -0.05) is 11.9 Å². The highest BCUT2D eigenvalue weighted by Crippen LogP contribution is 2.36. The quantitative estimate of drug-likeness (QED) is 0.328. The summed E-state index contributed by atoms with van der Waals surface area (Å²) in [6, 6.07) is 5.60. The van der Waals surface area contributed by atoms with Gasteiger partial charge in [0, 0.05) is 35.0 Å². The SMILES string of the molecule is Cc1c(N)cncc1-c1cc2cc(Nc3cc4n(n3)CSN(C)C4)ncc2c(N)c1F. The van der Waals surface area contributed by atoms with Crippen molar-refractivity contribution in [2.75, 3.05) is 23.8 Å². The van der Waals surface area contributed by atoms with Gasteiger partial charge in [0.1, 0.15) is 11.7 Å². The first-order valence-corrected chi connectivity index (χ1v) is 10.6. The summed E-state index contributed by atoms with van der Waals surface area (Å²) in [4.78, 5) is 8.51. The van der Waals surface area contributed by atoms with Crippen LogP contribution in [0.25, 0.3) is 21.9 Å². The van der Waals surface area contributed by atoms with Crippen LogP contribution in [0.4, 0.5) is 27.4 Å². The lowest BCUT2D eigenvalue weighted by molar-refractivity contribution is 0.495. The van der Waals surface area contributed by atoms with Gasteiger partial charge in [-0.05, 0) is 37.1 Å². The summed E-state index contributed by atoms with van der Waals surface area (Å²) < 4.78 is 19.2. The minimum absolute atomic E-state index is 0.0471. The van der Waals surface area contributed by atoms with E-state index in [4.69, 9.17) is 11.5 Å². The number of halogens is 1. The van der Waals surface area contributed by atoms with Gasteiger partial charge in [0.15, 0.2) is 11.6 Å². The maximum absolute atomic E-state index is 15.1. The Bertz CT molecular complexity index is 1320. The van der Waals surface area contributed by atoms with E-state index in [9.17, 15) is 0 Å². The van der Waals surface area contributed by atoms with Gasteiger partial charge in [-0.25, -0.2) is 13.7 Å². The van der Waals surface area contributed by atoms with E-state index in [0.29, 0.717) is 33.8 Å². The van der Waals surface area contributed by atoms with Crippen LogP contribution in [-0.2, 0) is 12.4 Å². The van der Waals surface area contributed by atoms with E-state index >= 15 is 4.39 Å². The Morgan fingerprint density at radius 1 is 1.10 bits per heavy atom. The first-order valence-electron chi connectivity index (χ1n) is 9.66. The summed E-state index contributed by atoms with van der Waals surface area (Å²) in [6.07, 6.45) is 4.72. The van der Waals surface area contributed by atoms with Crippen molar-refractivity contribution in [3.05, 3.63) is 53.9 Å². The maximum Gasteiger partial charge on any atom is 0.154 e. The third kappa shape index (κ3) is 3.43. The Kier molecular flexibility index (Phi) is 4.67. The van der Waals surface area contributed by atoms with Crippen LogP contribution < -0.4 is 16.8 Å². The number of nitrogens with zero attached hydrogens (tertiary/aromatic N) is 5. The van der Waals surface area contributed by atoms with Crippen molar-refractivity contribution in [1.29, 1.82) is 0 Å². The van der Waals surface area contributed by atoms with Gasteiger partial charge in [0.2, 0.25) is 0 Å². The second-order valence-electron chi connectivity index (χ2n) is 7.53. The minimum atomic E-state index is -0.506. The Hall–Kier alpha value is -3.37. The molecule has 0 radical (unpaired) electrons. The maximum atomic E-state index is 15.1. The molecule has 0 fully saturated rings. The first kappa shape index (κ1) is 19.6. The van der Waals surface area contributed by atoms with E-state index in [1.54, 1.807) is 36.6 Å². The lowest BCUT2D eigenvalue weighted by atomic mass is 9.97. The lowest BCUT2D eigenvalue weighted by Crippen LogP contribution is -2.20. The van der Waals surface area contributed by atoms with Gasteiger partial charge in [-0.2, -0.15) is 5.10 Å². The number of rotatable bonds is 3. The van der Waals surface area contributed by atoms with Crippen molar-refractivity contribution in [3.63, 3.8) is 0 Å². The summed E-state index contributed by atoms with van der Waals surface area (Å²) in [7, 11) is 2.05. The fourth-order valence-electron chi connectivity index (χ4n) is 3.69. The summed E-state index contributed by atoms with van der Waals surface area (Å²) in [5.41, 5.74) is 15.5. The van der Waals surface area contributed by atoms with Gasteiger partial charge < -0.3 is 16.8 Å². The van der Waals surface area contributed by atoms with Crippen LogP contribution in [0.1, 0.15) is 11.3 Å². The number of anilines is 4. The van der Waals surface area contributed by atoms with Crippen LogP contribution >= 0.6 is 11.9 Å². The normalized spacial score (nSPS) is 14.0. The van der Waals surface area contributed by atoms with E-state index in [1.165, 1.54) is 0 Å². The zero-order valence-electron chi connectivity index (χ0n) is 17.1. The zero-order valence-corrected chi connectivity index (χ0v) is 17.9. The van der Waals surface area contributed by atoms with Crippen molar-refractivity contribution in [1.82, 2.24) is 24.1 Å². The summed E-state index contributed by atoms with van der Waals surface area (Å²) in [6.45, 7) is 2.65. The second-order valence-corrected chi connectivity index (χ2v) is 8.67. The van der Waals surface area contributed by atoms with Gasteiger partial charge in [-0.3, -0.25) is 9.67 Å². The van der Waals surface area contributed by atoms with Crippen molar-refractivity contribution in [3.8, 4) is 11.1 Å². The Morgan fingerprint density at radius 2 is 1.94 bits per heavy atom. The molecule has 4 heterocycles. The molecule has 0 spiro atoms. The smallest absolute Gasteiger partial charge is 0.154 e. The molecule has 0 atom stereocenters. The molecule has 0 saturated carbocycles. The predicted octanol–water partition coefficient (Wildman–Crippen LogP) is 3.90. The summed E-state index contributed by atoms with van der Waals surface area (Å²) >= 11 is 1.71. The molecule has 8 nitrogen and oxygen atoms in total. The predicted molar refractivity (Wildman–Crippen MR) is 123 cm³/mol. The van der Waals surface area contributed by atoms with Crippen LogP contribution in [0.2, 0.25) is 0 Å². The fourth-order valence-corrected chi connectivity index (χ4v) is 4.44. The van der Waals surface area contributed by atoms with Crippen molar-refractivity contribution in [2.45, 2.75) is 19.3 Å². The molecule has 0 aliphatic carbocycles. The lowest BCUT2D eigenvalue weighted by Gasteiger charge is -2.21. The highest BCUT2D eigenvalue weighted by molar-refractivity contribution is 7.96. The Morgan fingerprint density at radius 3 is 2.77 bits per heavy atom. The third-order valence-corrected chi connectivity index (χ3v) is 6.38. The van der Waals surface area contributed by atoms with Crippen LogP contribution in [0.15, 0.2) is 36.8 Å². The molecule has 0 saturated heterocycles. The van der Waals surface area contributed by atoms with Gasteiger partial charge in [-0.15, -0.1) is 0 Å². The van der Waals surface area contributed by atoms with E-state index < -0.39 is 5.82 Å². The molecule has 0 unspecified atom stereocenters. The monoisotopic (exact) mass is 436 g/mol. The highest BCUT2D eigenvalue weighted by atomic mass is 32.2. The molecule has 0 bridgehead atoms. The van der Waals surface area contributed by atoms with E-state index in [0.717, 1.165) is 29.1 Å². The average molecular weight is 437 g/mol. The molecule has 5 rings (SSSR count). The molecule has 158 valence electrons. The topological polar surface area (TPSA) is 111 Å². The number of benzene rings is 1. The summed E-state index contributed by atoms with van der Waals surface area (Å²) in [5.74, 6) is 1.58. The molecule has 1 aliphatic heterocycles. The number of nitrogens with two attached hydrogens (primary N) is 2. The molecule has 3 aromatic heterocycles. The summed E-state index contributed by atoms with van der Waals surface area (Å²) in [5, 5.41) is 9.14. The van der Waals surface area contributed by atoms with E-state index in [2.05, 4.69) is 31.7 Å². The highest BCUT2D eigenvalue weighted by Gasteiger charge is 2.18. The van der Waals surface area contributed by atoms with Gasteiger partial charge >= 0.3 is 0 Å². The first-order chi connectivity index (χ1) is 14.9. The zero-order chi connectivity index (χ0) is 21.7. The molecule has 4 aromatic rings. The van der Waals surface area contributed by atoms with Crippen molar-refractivity contribution >= 4 is 45.7 Å². The number of hydrogen-bond acceptors (Lipinski definition) is 8. The molecule has 31 heavy (non-hydrogen) atoms. The Balaban J connectivity index is 1.55. The molecule has 1 aromatic carbocycles. The van der Waals surface area contributed by atoms with E-state index in [-0.39, 0.29) is 5.69 Å². The molecule has 0 amide bonds. The molecule has 5 N–H and O–H groups in total. The number of nitrogens with one attached hydrogen (secondary N) is 1. The standard InChI is InChI=1S/C21H21FN8S/c1-11-15(6-25-8-17(11)23)14-3-12-4-18(26-7-16(12)21(24)20(14)22)27-19-5-13-9-29(2)31-10-30(13)28-19/h3-8H,9-10,23-24H2,1-2H3,(H,26,27,28). The number of pyridine rings is 2. The number of fused-ring (bicyclic) bond motifs is 2. The van der Waals surface area contributed by atoms with Crippen LogP contribution in [-0.4, -0.2) is 31.1 Å². The number of aromatic nitrogens is 4. The van der Waals surface area contributed by atoms with Crippen LogP contribution in [0.3, 0.4) is 0 Å². The largest absolute Gasteiger partial charge is 0.397 e. The second kappa shape index (κ2) is 7.40. The van der Waals surface area contributed by atoms with E-state index in [1.807, 2.05) is 23.7 Å². The Labute approximate surface area is 182 Å². The molecular formula is C21H21FN8S. The van der Waals surface area contributed by atoms with Crippen molar-refractivity contribution in [2.24, 2.45) is 0 Å². The average Bonchev–Trinajstić information content (AvgIpc) is 3.14. The fraction of sp³-hybridized carbons (Fsp3) is 0.190. The number of nitrogen functional groups attached to an aromatic ring is 2. The van der Waals surface area contributed by atoms with Gasteiger partial charge in [0.25, 0.3) is 0 Å². The van der Waals surface area contributed by atoms with Crippen LogP contribution in [0.5, 0.6) is 0 Å². The van der Waals surface area contributed by atoms with Crippen LogP contribution in [0, 0.1) is 12.7 Å². The molecular weight excluding hydrogens is 415 g/mol. The molecule has 10 heteroatoms.